The topological polar surface area (TPSA) is 111 Å². The van der Waals surface area contributed by atoms with E-state index in [1.54, 1.807) is 11.0 Å². The zero-order valence-corrected chi connectivity index (χ0v) is 25.6. The number of likely N-dealkylation sites (tertiary alicyclic amines) is 1. The second-order valence-corrected chi connectivity index (χ2v) is 17.3. The van der Waals surface area contributed by atoms with Crippen LogP contribution in [-0.4, -0.2) is 71.3 Å². The number of hydrogen-bond acceptors (Lipinski definition) is 7. The van der Waals surface area contributed by atoms with Crippen molar-refractivity contribution in [2.75, 3.05) is 26.8 Å². The maximum absolute atomic E-state index is 14.8. The average molecular weight is 603 g/mol. The fraction of sp³-hybridized carbons (Fsp3) is 0.464. The van der Waals surface area contributed by atoms with Crippen LogP contribution in [0, 0.1) is 11.7 Å². The van der Waals surface area contributed by atoms with Crippen LogP contribution < -0.4 is 10.1 Å². The number of piperidine rings is 1. The number of nitrogens with zero attached hydrogens (tertiary/aromatic N) is 5. The number of rotatable bonds is 11. The summed E-state index contributed by atoms with van der Waals surface area (Å²) in [5.41, 5.74) is 1.02. The van der Waals surface area contributed by atoms with Gasteiger partial charge >= 0.3 is 0 Å². The Balaban J connectivity index is 1.43. The van der Waals surface area contributed by atoms with Crippen molar-refractivity contribution in [1.82, 2.24) is 30.0 Å². The number of amides is 2. The van der Waals surface area contributed by atoms with E-state index in [2.05, 4.69) is 40.0 Å². The van der Waals surface area contributed by atoms with Crippen LogP contribution in [0.3, 0.4) is 0 Å². The maximum Gasteiger partial charge on any atom is 0.293 e. The van der Waals surface area contributed by atoms with E-state index in [0.29, 0.717) is 44.1 Å². The standard InChI is InChI=1S/C28H36ClFN6O4Si/c1-39-24-15-22(23(30)17-31-24)26-33-25(34-36(26)18-40-12-13-41(2,3)4)28(38)35-10-8-20(9-11-35)27(37)32-16-19-6-5-7-21(29)14-19/h5-7,14-15,17,20H,8-13,16,18H2,1-4H3,(H,32,37). The van der Waals surface area contributed by atoms with Crippen LogP contribution in [0.2, 0.25) is 30.7 Å². The van der Waals surface area contributed by atoms with Crippen molar-refractivity contribution >= 4 is 31.5 Å². The van der Waals surface area contributed by atoms with E-state index in [9.17, 15) is 14.0 Å². The lowest BCUT2D eigenvalue weighted by atomic mass is 9.95. The van der Waals surface area contributed by atoms with Gasteiger partial charge in [0.2, 0.25) is 17.6 Å². The molecule has 0 spiro atoms. The Morgan fingerprint density at radius 3 is 2.63 bits per heavy atom. The van der Waals surface area contributed by atoms with Crippen LogP contribution in [0.4, 0.5) is 4.39 Å². The Bertz CT molecular complexity index is 1370. The van der Waals surface area contributed by atoms with Gasteiger partial charge in [-0.05, 0) is 36.6 Å². The molecular weight excluding hydrogens is 567 g/mol. The monoisotopic (exact) mass is 602 g/mol. The number of pyridine rings is 1. The Morgan fingerprint density at radius 2 is 1.95 bits per heavy atom. The number of methoxy groups -OCH3 is 1. The smallest absolute Gasteiger partial charge is 0.293 e. The molecule has 0 atom stereocenters. The lowest BCUT2D eigenvalue weighted by molar-refractivity contribution is -0.126. The minimum atomic E-state index is -1.32. The molecule has 1 N–H and O–H groups in total. The summed E-state index contributed by atoms with van der Waals surface area (Å²) in [6.07, 6.45) is 2.07. The summed E-state index contributed by atoms with van der Waals surface area (Å²) >= 11 is 6.03. The van der Waals surface area contributed by atoms with Crippen molar-refractivity contribution in [3.8, 4) is 17.3 Å². The van der Waals surface area contributed by atoms with Crippen LogP contribution in [0.5, 0.6) is 5.88 Å². The highest BCUT2D eigenvalue weighted by molar-refractivity contribution is 6.76. The molecule has 0 saturated carbocycles. The first kappa shape index (κ1) is 30.6. The molecule has 4 rings (SSSR count). The summed E-state index contributed by atoms with van der Waals surface area (Å²) in [6.45, 7) is 8.42. The molecule has 1 aromatic carbocycles. The zero-order valence-electron chi connectivity index (χ0n) is 23.8. The molecule has 1 aliphatic heterocycles. The van der Waals surface area contributed by atoms with Gasteiger partial charge < -0.3 is 19.7 Å². The first-order chi connectivity index (χ1) is 19.5. The SMILES string of the molecule is COc1cc(-c2nc(C(=O)N3CCC(C(=O)NCc4cccc(Cl)c4)CC3)nn2COCC[Si](C)(C)C)c(F)cn1. The van der Waals surface area contributed by atoms with E-state index in [4.69, 9.17) is 21.1 Å². The van der Waals surface area contributed by atoms with Crippen molar-refractivity contribution in [3.63, 3.8) is 0 Å². The number of aromatic nitrogens is 4. The highest BCUT2D eigenvalue weighted by atomic mass is 35.5. The Labute approximate surface area is 245 Å². The molecule has 0 unspecified atom stereocenters. The van der Waals surface area contributed by atoms with Gasteiger partial charge in [0.25, 0.3) is 5.91 Å². The number of ether oxygens (including phenoxy) is 2. The third kappa shape index (κ3) is 8.34. The summed E-state index contributed by atoms with van der Waals surface area (Å²) in [5.74, 6) is -0.977. The summed E-state index contributed by atoms with van der Waals surface area (Å²) < 4.78 is 27.2. The van der Waals surface area contributed by atoms with Crippen molar-refractivity contribution in [2.45, 2.75) is 51.8 Å². The van der Waals surface area contributed by atoms with Crippen molar-refractivity contribution in [3.05, 3.63) is 58.8 Å². The van der Waals surface area contributed by atoms with Gasteiger partial charge in [0.15, 0.2) is 11.6 Å². The molecule has 41 heavy (non-hydrogen) atoms. The van der Waals surface area contributed by atoms with Crippen molar-refractivity contribution in [1.29, 1.82) is 0 Å². The number of halogens is 2. The van der Waals surface area contributed by atoms with Crippen LogP contribution in [0.15, 0.2) is 36.5 Å². The first-order valence-electron chi connectivity index (χ1n) is 13.6. The molecule has 3 aromatic rings. The summed E-state index contributed by atoms with van der Waals surface area (Å²) in [7, 11) is 0.117. The molecule has 1 saturated heterocycles. The van der Waals surface area contributed by atoms with Gasteiger partial charge in [0.1, 0.15) is 6.73 Å². The highest BCUT2D eigenvalue weighted by Gasteiger charge is 2.30. The second-order valence-electron chi connectivity index (χ2n) is 11.2. The van der Waals surface area contributed by atoms with E-state index in [1.165, 1.54) is 17.9 Å². The zero-order chi connectivity index (χ0) is 29.6. The van der Waals surface area contributed by atoms with E-state index in [0.717, 1.165) is 17.8 Å². The molecule has 1 fully saturated rings. The predicted molar refractivity (Wildman–Crippen MR) is 156 cm³/mol. The third-order valence-corrected chi connectivity index (χ3v) is 8.80. The fourth-order valence-corrected chi connectivity index (χ4v) is 5.39. The maximum atomic E-state index is 14.8. The molecule has 3 heterocycles. The Morgan fingerprint density at radius 1 is 1.20 bits per heavy atom. The Kier molecular flexibility index (Phi) is 10.1. The van der Waals surface area contributed by atoms with Gasteiger partial charge in [-0.25, -0.2) is 19.0 Å². The van der Waals surface area contributed by atoms with Gasteiger partial charge in [0, 0.05) is 51.3 Å². The van der Waals surface area contributed by atoms with E-state index >= 15 is 0 Å². The molecule has 13 heteroatoms. The van der Waals surface area contributed by atoms with E-state index in [1.807, 2.05) is 18.2 Å². The van der Waals surface area contributed by atoms with Gasteiger partial charge in [-0.15, -0.1) is 5.10 Å². The summed E-state index contributed by atoms with van der Waals surface area (Å²) in [5, 5.41) is 7.97. The minimum Gasteiger partial charge on any atom is -0.481 e. The number of benzene rings is 1. The number of nitrogens with one attached hydrogen (secondary N) is 1. The predicted octanol–water partition coefficient (Wildman–Crippen LogP) is 4.62. The average Bonchev–Trinajstić information content (AvgIpc) is 3.37. The van der Waals surface area contributed by atoms with E-state index in [-0.39, 0.29) is 47.6 Å². The lowest BCUT2D eigenvalue weighted by Gasteiger charge is -2.30. The van der Waals surface area contributed by atoms with Crippen LogP contribution in [-0.2, 0) is 22.8 Å². The molecule has 2 aromatic heterocycles. The molecule has 1 aliphatic rings. The third-order valence-electron chi connectivity index (χ3n) is 6.86. The summed E-state index contributed by atoms with van der Waals surface area (Å²) in [6, 6.07) is 9.70. The minimum absolute atomic E-state index is 0.0129. The Hall–Kier alpha value is -3.35. The summed E-state index contributed by atoms with van der Waals surface area (Å²) in [4.78, 5) is 36.1. The number of hydrogen-bond donors (Lipinski definition) is 1. The van der Waals surface area contributed by atoms with Gasteiger partial charge in [-0.3, -0.25) is 9.59 Å². The first-order valence-corrected chi connectivity index (χ1v) is 17.7. The van der Waals surface area contributed by atoms with Gasteiger partial charge in [-0.1, -0.05) is 43.4 Å². The number of carbonyl (C=O) groups is 2. The molecule has 0 radical (unpaired) electrons. The molecule has 0 aliphatic carbocycles. The highest BCUT2D eigenvalue weighted by Crippen LogP contribution is 2.26. The fourth-order valence-electron chi connectivity index (χ4n) is 4.42. The van der Waals surface area contributed by atoms with Crippen LogP contribution >= 0.6 is 11.6 Å². The van der Waals surface area contributed by atoms with Crippen molar-refractivity contribution in [2.24, 2.45) is 5.92 Å². The molecular formula is C28H36ClFN6O4Si. The van der Waals surface area contributed by atoms with Crippen LogP contribution in [0.25, 0.3) is 11.4 Å². The molecule has 220 valence electrons. The van der Waals surface area contributed by atoms with E-state index < -0.39 is 13.9 Å². The van der Waals surface area contributed by atoms with Gasteiger partial charge in [-0.2, -0.15) is 0 Å². The quantitative estimate of drug-likeness (QED) is 0.252. The number of carbonyl (C=O) groups excluding carboxylic acids is 2. The van der Waals surface area contributed by atoms with Gasteiger partial charge in [0.05, 0.1) is 18.9 Å². The van der Waals surface area contributed by atoms with Crippen molar-refractivity contribution < 1.29 is 23.5 Å². The normalized spacial score (nSPS) is 14.2. The molecule has 10 nitrogen and oxygen atoms in total. The lowest BCUT2D eigenvalue weighted by Crippen LogP contribution is -2.43. The van der Waals surface area contributed by atoms with Crippen LogP contribution in [0.1, 0.15) is 29.0 Å². The molecule has 2 amide bonds. The largest absolute Gasteiger partial charge is 0.481 e. The molecule has 0 bridgehead atoms. The second kappa shape index (κ2) is 13.5.